The van der Waals surface area contributed by atoms with Crippen LogP contribution >= 0.6 is 0 Å². The van der Waals surface area contributed by atoms with Gasteiger partial charge in [0.25, 0.3) is 0 Å². The maximum atomic E-state index is 12.2. The number of methoxy groups -OCH3 is 2. The van der Waals surface area contributed by atoms with Crippen molar-refractivity contribution >= 4 is 12.3 Å². The Balaban J connectivity index is 2.88. The van der Waals surface area contributed by atoms with Crippen LogP contribution in [0.2, 0.25) is 0 Å². The molecule has 7 heteroatoms. The fraction of sp³-hybridized carbons (Fsp3) is 0.412. The van der Waals surface area contributed by atoms with Gasteiger partial charge in [-0.1, -0.05) is 24.1 Å². The molecule has 0 radical (unpaired) electrons. The molecule has 0 aliphatic rings. The van der Waals surface area contributed by atoms with Crippen LogP contribution < -0.4 is 0 Å². The van der Waals surface area contributed by atoms with Crippen molar-refractivity contribution in [1.82, 2.24) is 0 Å². The van der Waals surface area contributed by atoms with E-state index < -0.39 is 24.3 Å². The molecule has 0 aromatic heterocycles. The Labute approximate surface area is 140 Å². The molecular formula is C17H20O7. The van der Waals surface area contributed by atoms with Gasteiger partial charge in [-0.25, -0.2) is 4.79 Å². The van der Waals surface area contributed by atoms with E-state index in [9.17, 15) is 9.59 Å². The highest BCUT2D eigenvalue weighted by molar-refractivity contribution is 5.89. The number of aldehydes is 1. The van der Waals surface area contributed by atoms with Gasteiger partial charge < -0.3 is 28.5 Å². The number of carbonyl (C=O) groups excluding carboxylic acids is 2. The van der Waals surface area contributed by atoms with E-state index in [-0.39, 0.29) is 13.6 Å². The first-order valence-electron chi connectivity index (χ1n) is 7.06. The van der Waals surface area contributed by atoms with Gasteiger partial charge in [-0.05, 0) is 12.1 Å². The van der Waals surface area contributed by atoms with E-state index in [4.69, 9.17) is 30.1 Å². The molecule has 0 spiro atoms. The van der Waals surface area contributed by atoms with Crippen molar-refractivity contribution in [2.24, 2.45) is 0 Å². The molecule has 1 aromatic carbocycles. The van der Waals surface area contributed by atoms with Crippen LogP contribution in [-0.4, -0.2) is 58.4 Å². The number of hydrogen-bond acceptors (Lipinski definition) is 7. The van der Waals surface area contributed by atoms with E-state index in [0.29, 0.717) is 11.8 Å². The number of terminal acetylenes is 1. The highest BCUT2D eigenvalue weighted by Crippen LogP contribution is 2.14. The van der Waals surface area contributed by atoms with Crippen LogP contribution in [0.5, 0.6) is 0 Å². The Bertz CT molecular complexity index is 538. The Hall–Kier alpha value is -2.24. The summed E-state index contributed by atoms with van der Waals surface area (Å²) in [4.78, 5) is 23.4. The lowest BCUT2D eigenvalue weighted by atomic mass is 10.1. The Morgan fingerprint density at radius 1 is 1.17 bits per heavy atom. The minimum Gasteiger partial charge on any atom is -0.443 e. The van der Waals surface area contributed by atoms with Crippen LogP contribution in [0.4, 0.5) is 0 Å². The van der Waals surface area contributed by atoms with E-state index >= 15 is 0 Å². The third kappa shape index (κ3) is 6.10. The molecule has 0 N–H and O–H groups in total. The predicted octanol–water partition coefficient (Wildman–Crippen LogP) is 1.02. The molecule has 3 unspecified atom stereocenters. The first-order chi connectivity index (χ1) is 11.7. The van der Waals surface area contributed by atoms with E-state index in [1.54, 1.807) is 30.3 Å². The molecule has 1 rings (SSSR count). The molecule has 7 nitrogen and oxygen atoms in total. The first-order valence-corrected chi connectivity index (χ1v) is 7.06. The van der Waals surface area contributed by atoms with Gasteiger partial charge in [0.05, 0.1) is 5.56 Å². The maximum Gasteiger partial charge on any atom is 0.339 e. The van der Waals surface area contributed by atoms with Gasteiger partial charge in [0, 0.05) is 14.2 Å². The van der Waals surface area contributed by atoms with Crippen LogP contribution in [0.3, 0.4) is 0 Å². The molecule has 1 aromatic rings. The van der Waals surface area contributed by atoms with Gasteiger partial charge in [0.2, 0.25) is 0 Å². The summed E-state index contributed by atoms with van der Waals surface area (Å²) in [5.41, 5.74) is 0.323. The molecule has 0 aliphatic heterocycles. The van der Waals surface area contributed by atoms with Crippen LogP contribution in [0.25, 0.3) is 0 Å². The number of rotatable bonds is 11. The highest BCUT2D eigenvalue weighted by atomic mass is 16.7. The van der Waals surface area contributed by atoms with Gasteiger partial charge in [-0.2, -0.15) is 0 Å². The van der Waals surface area contributed by atoms with E-state index in [0.717, 1.165) is 0 Å². The quantitative estimate of drug-likeness (QED) is 0.258. The lowest BCUT2D eigenvalue weighted by Crippen LogP contribution is -2.44. The SMILES string of the molecule is C#CC(OC(=O)c1ccccc1)C(OCOC)C(C=O)OCOC. The Morgan fingerprint density at radius 3 is 2.33 bits per heavy atom. The summed E-state index contributed by atoms with van der Waals surface area (Å²) in [6, 6.07) is 8.31. The normalized spacial score (nSPS) is 14.2. The lowest BCUT2D eigenvalue weighted by Gasteiger charge is -2.27. The predicted molar refractivity (Wildman–Crippen MR) is 84.0 cm³/mol. The van der Waals surface area contributed by atoms with Crippen molar-refractivity contribution in [3.8, 4) is 12.3 Å². The zero-order valence-electron chi connectivity index (χ0n) is 13.5. The molecule has 0 aliphatic carbocycles. The number of carbonyl (C=O) groups is 2. The average molecular weight is 336 g/mol. The average Bonchev–Trinajstić information content (AvgIpc) is 2.63. The lowest BCUT2D eigenvalue weighted by molar-refractivity contribution is -0.177. The van der Waals surface area contributed by atoms with Gasteiger partial charge >= 0.3 is 5.97 Å². The third-order valence-corrected chi connectivity index (χ3v) is 2.92. The van der Waals surface area contributed by atoms with Crippen LogP contribution in [0.1, 0.15) is 10.4 Å². The highest BCUT2D eigenvalue weighted by Gasteiger charge is 2.33. The third-order valence-electron chi connectivity index (χ3n) is 2.92. The number of ether oxygens (including phenoxy) is 5. The van der Waals surface area contributed by atoms with Crippen molar-refractivity contribution in [2.45, 2.75) is 18.3 Å². The monoisotopic (exact) mass is 336 g/mol. The van der Waals surface area contributed by atoms with Crippen molar-refractivity contribution in [1.29, 1.82) is 0 Å². The Morgan fingerprint density at radius 2 is 1.79 bits per heavy atom. The van der Waals surface area contributed by atoms with Gasteiger partial charge in [-0.15, -0.1) is 6.42 Å². The molecule has 130 valence electrons. The summed E-state index contributed by atoms with van der Waals surface area (Å²) in [6.45, 7) is -0.313. The Kier molecular flexibility index (Phi) is 9.34. The molecule has 0 bridgehead atoms. The molecule has 0 saturated heterocycles. The summed E-state index contributed by atoms with van der Waals surface area (Å²) in [5, 5.41) is 0. The maximum absolute atomic E-state index is 12.2. The zero-order valence-corrected chi connectivity index (χ0v) is 13.5. The fourth-order valence-electron chi connectivity index (χ4n) is 1.81. The van der Waals surface area contributed by atoms with Crippen molar-refractivity contribution in [3.05, 3.63) is 35.9 Å². The molecule has 0 amide bonds. The van der Waals surface area contributed by atoms with Crippen molar-refractivity contribution in [3.63, 3.8) is 0 Å². The molecule has 0 saturated carbocycles. The summed E-state index contributed by atoms with van der Waals surface area (Å²) in [6.07, 6.45) is 2.65. The number of benzene rings is 1. The summed E-state index contributed by atoms with van der Waals surface area (Å²) in [7, 11) is 2.81. The van der Waals surface area contributed by atoms with E-state index in [2.05, 4.69) is 5.92 Å². The van der Waals surface area contributed by atoms with E-state index in [1.165, 1.54) is 14.2 Å². The van der Waals surface area contributed by atoms with E-state index in [1.807, 2.05) is 0 Å². The van der Waals surface area contributed by atoms with Gasteiger partial charge in [0.1, 0.15) is 25.8 Å². The van der Waals surface area contributed by atoms with Gasteiger partial charge in [-0.3, -0.25) is 0 Å². The second-order valence-corrected chi connectivity index (χ2v) is 4.57. The largest absolute Gasteiger partial charge is 0.443 e. The van der Waals surface area contributed by atoms with Crippen LogP contribution in [-0.2, 0) is 28.5 Å². The molecular weight excluding hydrogens is 316 g/mol. The van der Waals surface area contributed by atoms with Crippen molar-refractivity contribution < 1.29 is 33.3 Å². The molecule has 0 heterocycles. The van der Waals surface area contributed by atoms with Crippen LogP contribution in [0.15, 0.2) is 30.3 Å². The van der Waals surface area contributed by atoms with Crippen molar-refractivity contribution in [2.75, 3.05) is 27.8 Å². The standard InChI is InChI=1S/C17H20O7/c1-4-14(24-17(19)13-8-6-5-7-9-13)16(23-12-21-3)15(10-18)22-11-20-2/h1,5-10,14-16H,11-12H2,2-3H3. The van der Waals surface area contributed by atoms with Gasteiger partial charge in [0.15, 0.2) is 12.4 Å². The number of esters is 1. The molecule has 24 heavy (non-hydrogen) atoms. The summed E-state index contributed by atoms with van der Waals surface area (Å²) < 4.78 is 25.4. The second kappa shape index (κ2) is 11.3. The first kappa shape index (κ1) is 19.8. The second-order valence-electron chi connectivity index (χ2n) is 4.57. The summed E-state index contributed by atoms with van der Waals surface area (Å²) in [5.74, 6) is 1.66. The fourth-order valence-corrected chi connectivity index (χ4v) is 1.81. The molecule has 0 fully saturated rings. The smallest absolute Gasteiger partial charge is 0.339 e. The van der Waals surface area contributed by atoms with Crippen LogP contribution in [0, 0.1) is 12.3 Å². The number of hydrogen-bond donors (Lipinski definition) is 0. The summed E-state index contributed by atoms with van der Waals surface area (Å²) >= 11 is 0. The minimum atomic E-state index is -1.15. The zero-order chi connectivity index (χ0) is 17.8. The molecule has 3 atom stereocenters. The topological polar surface area (TPSA) is 80.3 Å². The minimum absolute atomic E-state index is 0.153.